The molecule has 0 unspecified atom stereocenters. The molecular formula is C11H14Cl2O. The van der Waals surface area contributed by atoms with Crippen LogP contribution in [0.25, 0.3) is 0 Å². The molecule has 3 heteroatoms. The third-order valence-electron chi connectivity index (χ3n) is 1.93. The molecule has 0 spiro atoms. The predicted octanol–water partition coefficient (Wildman–Crippen LogP) is 4.26. The van der Waals surface area contributed by atoms with E-state index in [0.717, 1.165) is 30.8 Å². The molecule has 0 aliphatic heterocycles. The summed E-state index contributed by atoms with van der Waals surface area (Å²) in [6.45, 7) is 2.88. The third-order valence-corrected chi connectivity index (χ3v) is 2.58. The lowest BCUT2D eigenvalue weighted by Crippen LogP contribution is -1.96. The van der Waals surface area contributed by atoms with E-state index < -0.39 is 0 Å². The zero-order valence-corrected chi connectivity index (χ0v) is 9.74. The van der Waals surface area contributed by atoms with E-state index in [-0.39, 0.29) is 0 Å². The van der Waals surface area contributed by atoms with Crippen molar-refractivity contribution in [2.75, 3.05) is 6.61 Å². The zero-order valence-electron chi connectivity index (χ0n) is 8.22. The summed E-state index contributed by atoms with van der Waals surface area (Å²) < 4.78 is 5.53. The Kier molecular flexibility index (Phi) is 5.13. The number of benzene rings is 1. The van der Waals surface area contributed by atoms with Crippen LogP contribution >= 0.6 is 23.2 Å². The highest BCUT2D eigenvalue weighted by Crippen LogP contribution is 2.23. The molecule has 14 heavy (non-hydrogen) atoms. The molecule has 78 valence electrons. The van der Waals surface area contributed by atoms with Crippen molar-refractivity contribution in [1.82, 2.24) is 0 Å². The van der Waals surface area contributed by atoms with Crippen LogP contribution in [0.3, 0.4) is 0 Å². The lowest BCUT2D eigenvalue weighted by molar-refractivity contribution is 0.309. The number of hydrogen-bond acceptors (Lipinski definition) is 1. The summed E-state index contributed by atoms with van der Waals surface area (Å²) >= 11 is 11.6. The number of ether oxygens (including phenoxy) is 1. The van der Waals surface area contributed by atoms with Gasteiger partial charge in [0.25, 0.3) is 0 Å². The predicted molar refractivity (Wildman–Crippen MR) is 61.4 cm³/mol. The highest BCUT2D eigenvalue weighted by molar-refractivity contribution is 6.32. The SMILES string of the molecule is CCCCOc1ccc(Cl)c(CCl)c1. The molecule has 0 N–H and O–H groups in total. The molecular weight excluding hydrogens is 219 g/mol. The minimum Gasteiger partial charge on any atom is -0.494 e. The van der Waals surface area contributed by atoms with Gasteiger partial charge >= 0.3 is 0 Å². The van der Waals surface area contributed by atoms with E-state index in [0.29, 0.717) is 10.9 Å². The Morgan fingerprint density at radius 1 is 1.36 bits per heavy atom. The van der Waals surface area contributed by atoms with Crippen molar-refractivity contribution in [2.24, 2.45) is 0 Å². The topological polar surface area (TPSA) is 9.23 Å². The van der Waals surface area contributed by atoms with Gasteiger partial charge in [-0.25, -0.2) is 0 Å². The van der Waals surface area contributed by atoms with Gasteiger partial charge in [-0.3, -0.25) is 0 Å². The van der Waals surface area contributed by atoms with Gasteiger partial charge in [-0.15, -0.1) is 11.6 Å². The standard InChI is InChI=1S/C11H14Cl2O/c1-2-3-6-14-10-4-5-11(13)9(7-10)8-12/h4-5,7H,2-3,6,8H2,1H3. The first-order valence-corrected chi connectivity index (χ1v) is 5.66. The van der Waals surface area contributed by atoms with Crippen LogP contribution in [0.4, 0.5) is 0 Å². The first kappa shape index (κ1) is 11.7. The summed E-state index contributed by atoms with van der Waals surface area (Å²) in [5.41, 5.74) is 0.919. The molecule has 0 saturated carbocycles. The zero-order chi connectivity index (χ0) is 10.4. The third kappa shape index (κ3) is 3.39. The van der Waals surface area contributed by atoms with Crippen molar-refractivity contribution in [3.05, 3.63) is 28.8 Å². The summed E-state index contributed by atoms with van der Waals surface area (Å²) in [4.78, 5) is 0. The van der Waals surface area contributed by atoms with Gasteiger partial charge in [0.1, 0.15) is 5.75 Å². The number of hydrogen-bond donors (Lipinski definition) is 0. The number of alkyl halides is 1. The molecule has 1 aromatic rings. The molecule has 0 fully saturated rings. The quantitative estimate of drug-likeness (QED) is 0.545. The van der Waals surface area contributed by atoms with Crippen LogP contribution in [-0.2, 0) is 5.88 Å². The minimum atomic E-state index is 0.420. The summed E-state index contributed by atoms with van der Waals surface area (Å²) in [5.74, 6) is 1.27. The maximum atomic E-state index is 5.92. The molecule has 0 aliphatic carbocycles. The Balaban J connectivity index is 2.60. The molecule has 0 heterocycles. The molecule has 0 saturated heterocycles. The molecule has 1 aromatic carbocycles. The van der Waals surface area contributed by atoms with Gasteiger partial charge in [0, 0.05) is 10.9 Å². The van der Waals surface area contributed by atoms with Crippen LogP contribution in [0.2, 0.25) is 5.02 Å². The van der Waals surface area contributed by atoms with Gasteiger partial charge in [0.05, 0.1) is 6.61 Å². The second-order valence-corrected chi connectivity index (χ2v) is 3.76. The average Bonchev–Trinajstić information content (AvgIpc) is 2.21. The smallest absolute Gasteiger partial charge is 0.119 e. The average molecular weight is 233 g/mol. The van der Waals surface area contributed by atoms with Crippen molar-refractivity contribution in [3.8, 4) is 5.75 Å². The van der Waals surface area contributed by atoms with Crippen LogP contribution in [0.15, 0.2) is 18.2 Å². The lowest BCUT2D eigenvalue weighted by atomic mass is 10.2. The van der Waals surface area contributed by atoms with Crippen molar-refractivity contribution >= 4 is 23.2 Å². The monoisotopic (exact) mass is 232 g/mol. The van der Waals surface area contributed by atoms with Crippen molar-refractivity contribution in [3.63, 3.8) is 0 Å². The van der Waals surface area contributed by atoms with Gasteiger partial charge in [-0.1, -0.05) is 24.9 Å². The largest absolute Gasteiger partial charge is 0.494 e. The van der Waals surface area contributed by atoms with Crippen molar-refractivity contribution in [2.45, 2.75) is 25.6 Å². The van der Waals surface area contributed by atoms with Gasteiger partial charge in [-0.2, -0.15) is 0 Å². The van der Waals surface area contributed by atoms with E-state index in [1.807, 2.05) is 18.2 Å². The van der Waals surface area contributed by atoms with Gasteiger partial charge in [-0.05, 0) is 30.2 Å². The van der Waals surface area contributed by atoms with E-state index >= 15 is 0 Å². The van der Waals surface area contributed by atoms with E-state index in [2.05, 4.69) is 6.92 Å². The molecule has 0 atom stereocenters. The second-order valence-electron chi connectivity index (χ2n) is 3.09. The molecule has 1 rings (SSSR count). The molecule has 0 bridgehead atoms. The molecule has 0 aromatic heterocycles. The summed E-state index contributed by atoms with van der Waals surface area (Å²) in [5, 5.41) is 0.697. The van der Waals surface area contributed by atoms with Crippen molar-refractivity contribution < 1.29 is 4.74 Å². The first-order valence-electron chi connectivity index (χ1n) is 4.75. The first-order chi connectivity index (χ1) is 6.77. The Morgan fingerprint density at radius 2 is 2.14 bits per heavy atom. The Hall–Kier alpha value is -0.400. The minimum absolute atomic E-state index is 0.420. The number of unbranched alkanes of at least 4 members (excludes halogenated alkanes) is 1. The maximum Gasteiger partial charge on any atom is 0.119 e. The highest BCUT2D eigenvalue weighted by Gasteiger charge is 2.01. The van der Waals surface area contributed by atoms with Crippen LogP contribution in [-0.4, -0.2) is 6.61 Å². The fourth-order valence-electron chi connectivity index (χ4n) is 1.08. The van der Waals surface area contributed by atoms with Crippen LogP contribution in [0.1, 0.15) is 25.3 Å². The lowest BCUT2D eigenvalue weighted by Gasteiger charge is -2.07. The number of rotatable bonds is 5. The summed E-state index contributed by atoms with van der Waals surface area (Å²) in [6.07, 6.45) is 2.20. The van der Waals surface area contributed by atoms with Crippen molar-refractivity contribution in [1.29, 1.82) is 0 Å². The van der Waals surface area contributed by atoms with E-state index in [9.17, 15) is 0 Å². The van der Waals surface area contributed by atoms with Gasteiger partial charge < -0.3 is 4.74 Å². The highest BCUT2D eigenvalue weighted by atomic mass is 35.5. The second kappa shape index (κ2) is 6.15. The summed E-state index contributed by atoms with van der Waals surface area (Å²) in [6, 6.07) is 5.58. The Bertz CT molecular complexity index is 287. The molecule has 1 nitrogen and oxygen atoms in total. The number of halogens is 2. The molecule has 0 aliphatic rings. The Labute approximate surface area is 95.0 Å². The van der Waals surface area contributed by atoms with Crippen LogP contribution < -0.4 is 4.74 Å². The van der Waals surface area contributed by atoms with E-state index in [1.54, 1.807) is 0 Å². The van der Waals surface area contributed by atoms with Gasteiger partial charge in [0.2, 0.25) is 0 Å². The molecule has 0 radical (unpaired) electrons. The normalized spacial score (nSPS) is 10.2. The van der Waals surface area contributed by atoms with Gasteiger partial charge in [0.15, 0.2) is 0 Å². The van der Waals surface area contributed by atoms with Crippen LogP contribution in [0, 0.1) is 0 Å². The maximum absolute atomic E-state index is 5.92. The van der Waals surface area contributed by atoms with E-state index in [4.69, 9.17) is 27.9 Å². The fraction of sp³-hybridized carbons (Fsp3) is 0.455. The fourth-order valence-corrected chi connectivity index (χ4v) is 1.55. The summed E-state index contributed by atoms with van der Waals surface area (Å²) in [7, 11) is 0. The van der Waals surface area contributed by atoms with E-state index in [1.165, 1.54) is 0 Å². The molecule has 0 amide bonds. The Morgan fingerprint density at radius 3 is 2.79 bits per heavy atom. The van der Waals surface area contributed by atoms with Crippen LogP contribution in [0.5, 0.6) is 5.75 Å².